The van der Waals surface area contributed by atoms with Gasteiger partial charge in [-0.2, -0.15) is 0 Å². The van der Waals surface area contributed by atoms with Gasteiger partial charge >= 0.3 is 0 Å². The highest BCUT2D eigenvalue weighted by Crippen LogP contribution is 2.25. The molecule has 1 fully saturated rings. The molecule has 5 heteroatoms. The molecule has 3 rings (SSSR count). The van der Waals surface area contributed by atoms with E-state index in [9.17, 15) is 9.18 Å². The minimum atomic E-state index is -0.286. The van der Waals surface area contributed by atoms with Crippen LogP contribution in [-0.4, -0.2) is 11.1 Å². The van der Waals surface area contributed by atoms with E-state index in [4.69, 9.17) is 4.52 Å². The number of halogens is 1. The number of carbonyl (C=O) groups excluding carboxylic acids is 1. The Morgan fingerprint density at radius 3 is 2.71 bits per heavy atom. The van der Waals surface area contributed by atoms with Gasteiger partial charge in [-0.05, 0) is 37.1 Å². The summed E-state index contributed by atoms with van der Waals surface area (Å²) >= 11 is 0. The van der Waals surface area contributed by atoms with Crippen molar-refractivity contribution in [1.82, 2.24) is 10.5 Å². The smallest absolute Gasteiger partial charge is 0.223 e. The zero-order chi connectivity index (χ0) is 14.7. The summed E-state index contributed by atoms with van der Waals surface area (Å²) in [4.78, 5) is 11.9. The van der Waals surface area contributed by atoms with E-state index in [0.717, 1.165) is 31.2 Å². The Bertz CT molecular complexity index is 615. The van der Waals surface area contributed by atoms with Gasteiger partial charge in [0, 0.05) is 17.5 Å². The first-order chi connectivity index (χ1) is 10.2. The third-order valence-electron chi connectivity index (χ3n) is 3.86. The second-order valence-corrected chi connectivity index (χ2v) is 5.38. The number of amides is 1. The summed E-state index contributed by atoms with van der Waals surface area (Å²) in [5.41, 5.74) is 1.42. The minimum Gasteiger partial charge on any atom is -0.359 e. The SMILES string of the molecule is O=C(NCc1cc(-c2ccc(F)cc2)no1)C1CCCC1. The first-order valence-electron chi connectivity index (χ1n) is 7.21. The maximum Gasteiger partial charge on any atom is 0.223 e. The van der Waals surface area contributed by atoms with Gasteiger partial charge < -0.3 is 9.84 Å². The molecule has 1 aromatic carbocycles. The molecular formula is C16H17FN2O2. The summed E-state index contributed by atoms with van der Waals surface area (Å²) in [5, 5.41) is 6.82. The van der Waals surface area contributed by atoms with Gasteiger partial charge in [0.1, 0.15) is 11.5 Å². The van der Waals surface area contributed by atoms with E-state index < -0.39 is 0 Å². The molecule has 4 nitrogen and oxygen atoms in total. The van der Waals surface area contributed by atoms with Crippen molar-refractivity contribution in [3.8, 4) is 11.3 Å². The molecule has 21 heavy (non-hydrogen) atoms. The summed E-state index contributed by atoms with van der Waals surface area (Å²) in [6.07, 6.45) is 4.22. The fourth-order valence-electron chi connectivity index (χ4n) is 2.66. The lowest BCUT2D eigenvalue weighted by molar-refractivity contribution is -0.125. The number of carbonyl (C=O) groups is 1. The largest absolute Gasteiger partial charge is 0.359 e. The van der Waals surface area contributed by atoms with Crippen LogP contribution in [0, 0.1) is 11.7 Å². The molecule has 1 amide bonds. The summed E-state index contributed by atoms with van der Waals surface area (Å²) in [7, 11) is 0. The number of aromatic nitrogens is 1. The van der Waals surface area contributed by atoms with Gasteiger partial charge in [-0.25, -0.2) is 4.39 Å². The van der Waals surface area contributed by atoms with Gasteiger partial charge in [-0.3, -0.25) is 4.79 Å². The highest BCUT2D eigenvalue weighted by molar-refractivity contribution is 5.78. The molecule has 0 radical (unpaired) electrons. The van der Waals surface area contributed by atoms with Crippen molar-refractivity contribution in [1.29, 1.82) is 0 Å². The van der Waals surface area contributed by atoms with Crippen LogP contribution in [0.2, 0.25) is 0 Å². The Hall–Kier alpha value is -2.17. The first kappa shape index (κ1) is 13.8. The molecule has 2 aromatic rings. The van der Waals surface area contributed by atoms with E-state index in [0.29, 0.717) is 18.0 Å². The minimum absolute atomic E-state index is 0.0900. The zero-order valence-electron chi connectivity index (χ0n) is 11.6. The molecule has 0 aliphatic heterocycles. The van der Waals surface area contributed by atoms with Gasteiger partial charge in [0.25, 0.3) is 0 Å². The Morgan fingerprint density at radius 2 is 2.00 bits per heavy atom. The molecule has 1 aromatic heterocycles. The monoisotopic (exact) mass is 288 g/mol. The van der Waals surface area contributed by atoms with E-state index in [2.05, 4.69) is 10.5 Å². The number of nitrogens with one attached hydrogen (secondary N) is 1. The Morgan fingerprint density at radius 1 is 1.29 bits per heavy atom. The molecule has 1 heterocycles. The zero-order valence-corrected chi connectivity index (χ0v) is 11.6. The summed E-state index contributed by atoms with van der Waals surface area (Å²) in [6, 6.07) is 7.82. The van der Waals surface area contributed by atoms with Crippen LogP contribution in [0.3, 0.4) is 0 Å². The lowest BCUT2D eigenvalue weighted by Gasteiger charge is -2.08. The van der Waals surface area contributed by atoms with Gasteiger partial charge in [-0.1, -0.05) is 18.0 Å². The highest BCUT2D eigenvalue weighted by atomic mass is 19.1. The van der Waals surface area contributed by atoms with E-state index in [1.807, 2.05) is 0 Å². The molecule has 0 atom stereocenters. The van der Waals surface area contributed by atoms with Crippen molar-refractivity contribution >= 4 is 5.91 Å². The van der Waals surface area contributed by atoms with Crippen LogP contribution >= 0.6 is 0 Å². The van der Waals surface area contributed by atoms with Gasteiger partial charge in [0.05, 0.1) is 6.54 Å². The van der Waals surface area contributed by atoms with Crippen molar-refractivity contribution in [2.24, 2.45) is 5.92 Å². The molecule has 0 unspecified atom stereocenters. The lowest BCUT2D eigenvalue weighted by Crippen LogP contribution is -2.28. The first-order valence-corrected chi connectivity index (χ1v) is 7.21. The average molecular weight is 288 g/mol. The van der Waals surface area contributed by atoms with E-state index in [-0.39, 0.29) is 17.6 Å². The molecule has 1 N–H and O–H groups in total. The maximum atomic E-state index is 12.9. The molecule has 110 valence electrons. The summed E-state index contributed by atoms with van der Waals surface area (Å²) in [6.45, 7) is 0.337. The maximum absolute atomic E-state index is 12.9. The number of rotatable bonds is 4. The number of hydrogen-bond donors (Lipinski definition) is 1. The van der Waals surface area contributed by atoms with Gasteiger partial charge in [-0.15, -0.1) is 0 Å². The van der Waals surface area contributed by atoms with E-state index >= 15 is 0 Å². The summed E-state index contributed by atoms with van der Waals surface area (Å²) < 4.78 is 18.1. The van der Waals surface area contributed by atoms with Crippen molar-refractivity contribution in [3.05, 3.63) is 41.9 Å². The number of hydrogen-bond acceptors (Lipinski definition) is 3. The molecule has 0 bridgehead atoms. The Kier molecular flexibility index (Phi) is 3.99. The molecule has 1 aliphatic rings. The van der Waals surface area contributed by atoms with Crippen LogP contribution < -0.4 is 5.32 Å². The number of nitrogens with zero attached hydrogens (tertiary/aromatic N) is 1. The second kappa shape index (κ2) is 6.08. The van der Waals surface area contributed by atoms with Crippen molar-refractivity contribution < 1.29 is 13.7 Å². The molecule has 1 saturated carbocycles. The summed E-state index contributed by atoms with van der Waals surface area (Å²) in [5.74, 6) is 0.545. The standard InChI is InChI=1S/C16H17FN2O2/c17-13-7-5-11(6-8-13)15-9-14(21-19-15)10-18-16(20)12-3-1-2-4-12/h5-9,12H,1-4,10H2,(H,18,20). The van der Waals surface area contributed by atoms with Crippen LogP contribution in [-0.2, 0) is 11.3 Å². The quantitative estimate of drug-likeness (QED) is 0.939. The van der Waals surface area contributed by atoms with Crippen LogP contribution in [0.15, 0.2) is 34.9 Å². The van der Waals surface area contributed by atoms with E-state index in [1.54, 1.807) is 18.2 Å². The number of benzene rings is 1. The van der Waals surface area contributed by atoms with Crippen molar-refractivity contribution in [2.75, 3.05) is 0 Å². The van der Waals surface area contributed by atoms with E-state index in [1.165, 1.54) is 12.1 Å². The van der Waals surface area contributed by atoms with Crippen molar-refractivity contribution in [3.63, 3.8) is 0 Å². The third kappa shape index (κ3) is 3.29. The normalized spacial score (nSPS) is 15.3. The van der Waals surface area contributed by atoms with Crippen LogP contribution in [0.25, 0.3) is 11.3 Å². The molecule has 0 saturated heterocycles. The lowest BCUT2D eigenvalue weighted by atomic mass is 10.1. The Labute approximate surface area is 122 Å². The van der Waals surface area contributed by atoms with Crippen LogP contribution in [0.4, 0.5) is 4.39 Å². The molecule has 0 spiro atoms. The topological polar surface area (TPSA) is 55.1 Å². The molecular weight excluding hydrogens is 271 g/mol. The van der Waals surface area contributed by atoms with Gasteiger partial charge in [0.2, 0.25) is 5.91 Å². The van der Waals surface area contributed by atoms with Crippen molar-refractivity contribution in [2.45, 2.75) is 32.2 Å². The average Bonchev–Trinajstić information content (AvgIpc) is 3.17. The highest BCUT2D eigenvalue weighted by Gasteiger charge is 2.22. The molecule has 1 aliphatic carbocycles. The fourth-order valence-corrected chi connectivity index (χ4v) is 2.66. The predicted octanol–water partition coefficient (Wildman–Crippen LogP) is 3.29. The predicted molar refractivity (Wildman–Crippen MR) is 75.7 cm³/mol. The third-order valence-corrected chi connectivity index (χ3v) is 3.86. The Balaban J connectivity index is 1.60. The van der Waals surface area contributed by atoms with Crippen LogP contribution in [0.1, 0.15) is 31.4 Å². The van der Waals surface area contributed by atoms with Gasteiger partial charge in [0.15, 0.2) is 5.76 Å². The second-order valence-electron chi connectivity index (χ2n) is 5.38. The fraction of sp³-hybridized carbons (Fsp3) is 0.375. The van der Waals surface area contributed by atoms with Crippen LogP contribution in [0.5, 0.6) is 0 Å².